The van der Waals surface area contributed by atoms with E-state index in [4.69, 9.17) is 5.11 Å². The molecule has 0 saturated heterocycles. The monoisotopic (exact) mass is 269 g/mol. The summed E-state index contributed by atoms with van der Waals surface area (Å²) in [5.74, 6) is -1.44. The Hall–Kier alpha value is -1.36. The molecular weight excluding hydrogens is 250 g/mol. The Morgan fingerprint density at radius 2 is 2.06 bits per heavy atom. The first-order valence-electron chi connectivity index (χ1n) is 5.83. The third-order valence-corrected chi connectivity index (χ3v) is 3.72. The van der Waals surface area contributed by atoms with Gasteiger partial charge in [0.1, 0.15) is 5.41 Å². The molecule has 1 amide bonds. The van der Waals surface area contributed by atoms with E-state index in [0.717, 1.165) is 4.88 Å². The Kier molecular flexibility index (Phi) is 4.51. The van der Waals surface area contributed by atoms with Crippen LogP contribution in [0.15, 0.2) is 17.5 Å². The molecule has 0 unspecified atom stereocenters. The van der Waals surface area contributed by atoms with Crippen LogP contribution >= 0.6 is 11.3 Å². The molecule has 1 aromatic rings. The summed E-state index contributed by atoms with van der Waals surface area (Å²) in [6.07, 6.45) is 0. The number of carbonyl (C=O) groups excluding carboxylic acids is 1. The van der Waals surface area contributed by atoms with Gasteiger partial charge in [-0.05, 0) is 39.1 Å². The highest BCUT2D eigenvalue weighted by Gasteiger charge is 2.40. The number of carbonyl (C=O) groups is 2. The van der Waals surface area contributed by atoms with Crippen molar-refractivity contribution in [3.8, 4) is 0 Å². The molecule has 1 heterocycles. The summed E-state index contributed by atoms with van der Waals surface area (Å²) in [4.78, 5) is 26.1. The number of rotatable bonds is 5. The molecule has 1 rings (SSSR count). The fourth-order valence-corrected chi connectivity index (χ4v) is 2.21. The van der Waals surface area contributed by atoms with Crippen molar-refractivity contribution >= 4 is 23.2 Å². The molecule has 100 valence electrons. The summed E-state index contributed by atoms with van der Waals surface area (Å²) >= 11 is 1.56. The second kappa shape index (κ2) is 5.52. The smallest absolute Gasteiger partial charge is 0.318 e. The van der Waals surface area contributed by atoms with Crippen LogP contribution in [-0.2, 0) is 16.1 Å². The van der Waals surface area contributed by atoms with Crippen LogP contribution in [0.4, 0.5) is 0 Å². The lowest BCUT2D eigenvalue weighted by molar-refractivity contribution is -0.159. The summed E-state index contributed by atoms with van der Waals surface area (Å²) in [5.41, 5.74) is -1.39. The zero-order chi connectivity index (χ0) is 13.9. The molecule has 0 aliphatic rings. The largest absolute Gasteiger partial charge is 0.480 e. The topological polar surface area (TPSA) is 57.6 Å². The molecule has 0 aliphatic heterocycles. The lowest BCUT2D eigenvalue weighted by Gasteiger charge is -2.32. The van der Waals surface area contributed by atoms with Gasteiger partial charge in [-0.15, -0.1) is 11.3 Å². The molecule has 0 aromatic carbocycles. The Morgan fingerprint density at radius 1 is 1.44 bits per heavy atom. The van der Waals surface area contributed by atoms with E-state index in [1.54, 1.807) is 16.2 Å². The highest BCUT2D eigenvalue weighted by atomic mass is 32.1. The van der Waals surface area contributed by atoms with Crippen LogP contribution in [-0.4, -0.2) is 27.9 Å². The van der Waals surface area contributed by atoms with Gasteiger partial charge in [0.2, 0.25) is 5.91 Å². The van der Waals surface area contributed by atoms with Crippen molar-refractivity contribution in [2.45, 2.75) is 40.3 Å². The molecule has 0 fully saturated rings. The number of carboxylic acid groups (broad SMARTS) is 1. The number of nitrogens with zero attached hydrogens (tertiary/aromatic N) is 1. The average molecular weight is 269 g/mol. The Balaban J connectivity index is 2.92. The Bertz CT molecular complexity index is 423. The molecule has 0 atom stereocenters. The second-order valence-corrected chi connectivity index (χ2v) is 6.07. The maximum absolute atomic E-state index is 12.3. The Labute approximate surface area is 111 Å². The van der Waals surface area contributed by atoms with Gasteiger partial charge in [-0.1, -0.05) is 6.07 Å². The average Bonchev–Trinajstić information content (AvgIpc) is 2.76. The van der Waals surface area contributed by atoms with Crippen LogP contribution in [0.1, 0.15) is 32.6 Å². The minimum absolute atomic E-state index is 0.0294. The highest BCUT2D eigenvalue weighted by Crippen LogP contribution is 2.23. The van der Waals surface area contributed by atoms with Gasteiger partial charge in [0.15, 0.2) is 0 Å². The van der Waals surface area contributed by atoms with E-state index in [1.165, 1.54) is 13.8 Å². The zero-order valence-corrected chi connectivity index (χ0v) is 12.0. The van der Waals surface area contributed by atoms with Gasteiger partial charge in [-0.2, -0.15) is 0 Å². The Morgan fingerprint density at radius 3 is 2.44 bits per heavy atom. The van der Waals surface area contributed by atoms with Crippen LogP contribution in [0.25, 0.3) is 0 Å². The van der Waals surface area contributed by atoms with Gasteiger partial charge in [0.05, 0.1) is 6.54 Å². The number of aliphatic carboxylic acids is 1. The number of carboxylic acids is 1. The highest BCUT2D eigenvalue weighted by molar-refractivity contribution is 7.09. The van der Waals surface area contributed by atoms with Gasteiger partial charge in [0, 0.05) is 10.9 Å². The van der Waals surface area contributed by atoms with E-state index >= 15 is 0 Å². The van der Waals surface area contributed by atoms with Crippen LogP contribution in [0.2, 0.25) is 0 Å². The van der Waals surface area contributed by atoms with Gasteiger partial charge in [-0.25, -0.2) is 0 Å². The van der Waals surface area contributed by atoms with Crippen molar-refractivity contribution in [1.82, 2.24) is 4.90 Å². The molecular formula is C13H19NO3S. The minimum atomic E-state index is -1.39. The fraction of sp³-hybridized carbons (Fsp3) is 0.538. The van der Waals surface area contributed by atoms with Crippen LogP contribution in [0.5, 0.6) is 0 Å². The first kappa shape index (κ1) is 14.7. The van der Waals surface area contributed by atoms with Crippen molar-refractivity contribution in [3.63, 3.8) is 0 Å². The minimum Gasteiger partial charge on any atom is -0.480 e. The molecule has 1 aromatic heterocycles. The third kappa shape index (κ3) is 3.10. The number of amides is 1. The quantitative estimate of drug-likeness (QED) is 0.836. The van der Waals surface area contributed by atoms with E-state index in [1.807, 2.05) is 31.4 Å². The van der Waals surface area contributed by atoms with Crippen molar-refractivity contribution in [2.75, 3.05) is 0 Å². The molecule has 0 aliphatic carbocycles. The van der Waals surface area contributed by atoms with Crippen molar-refractivity contribution in [3.05, 3.63) is 22.4 Å². The lowest BCUT2D eigenvalue weighted by Crippen LogP contribution is -2.47. The van der Waals surface area contributed by atoms with E-state index < -0.39 is 11.4 Å². The first-order valence-corrected chi connectivity index (χ1v) is 6.71. The molecule has 0 radical (unpaired) electrons. The maximum atomic E-state index is 12.3. The van der Waals surface area contributed by atoms with Crippen molar-refractivity contribution < 1.29 is 14.7 Å². The normalized spacial score (nSPS) is 11.6. The van der Waals surface area contributed by atoms with Crippen molar-refractivity contribution in [1.29, 1.82) is 0 Å². The second-order valence-electron chi connectivity index (χ2n) is 5.04. The van der Waals surface area contributed by atoms with Gasteiger partial charge in [0.25, 0.3) is 0 Å². The maximum Gasteiger partial charge on any atom is 0.318 e. The summed E-state index contributed by atoms with van der Waals surface area (Å²) < 4.78 is 0. The third-order valence-electron chi connectivity index (χ3n) is 2.86. The van der Waals surface area contributed by atoms with Gasteiger partial charge >= 0.3 is 5.97 Å². The van der Waals surface area contributed by atoms with E-state index in [0.29, 0.717) is 6.54 Å². The summed E-state index contributed by atoms with van der Waals surface area (Å²) in [7, 11) is 0. The van der Waals surface area contributed by atoms with Crippen molar-refractivity contribution in [2.24, 2.45) is 5.41 Å². The summed E-state index contributed by atoms with van der Waals surface area (Å²) in [6, 6.07) is 3.84. The van der Waals surface area contributed by atoms with Crippen LogP contribution in [0.3, 0.4) is 0 Å². The molecule has 4 nitrogen and oxygen atoms in total. The molecule has 18 heavy (non-hydrogen) atoms. The predicted octanol–water partition coefficient (Wildman–Crippen LogP) is 2.60. The molecule has 1 N–H and O–H groups in total. The molecule has 0 spiro atoms. The zero-order valence-electron chi connectivity index (χ0n) is 11.1. The number of hydrogen-bond acceptors (Lipinski definition) is 3. The SMILES string of the molecule is CC(C)N(Cc1cccs1)C(=O)C(C)(C)C(=O)O. The molecule has 5 heteroatoms. The molecule has 0 saturated carbocycles. The predicted molar refractivity (Wildman–Crippen MR) is 71.4 cm³/mol. The van der Waals surface area contributed by atoms with Gasteiger partial charge in [-0.3, -0.25) is 9.59 Å². The van der Waals surface area contributed by atoms with E-state index in [-0.39, 0.29) is 11.9 Å². The van der Waals surface area contributed by atoms with Crippen LogP contribution in [0, 0.1) is 5.41 Å². The fourth-order valence-electron chi connectivity index (χ4n) is 1.51. The standard InChI is InChI=1S/C13H19NO3S/c1-9(2)14(8-10-6-5-7-18-10)11(15)13(3,4)12(16)17/h5-7,9H,8H2,1-4H3,(H,16,17). The summed E-state index contributed by atoms with van der Waals surface area (Å²) in [6.45, 7) is 7.14. The lowest BCUT2D eigenvalue weighted by atomic mass is 9.91. The van der Waals surface area contributed by atoms with E-state index in [2.05, 4.69) is 0 Å². The molecule has 0 bridgehead atoms. The van der Waals surface area contributed by atoms with Gasteiger partial charge < -0.3 is 10.0 Å². The number of thiophene rings is 1. The first-order chi connectivity index (χ1) is 8.26. The summed E-state index contributed by atoms with van der Waals surface area (Å²) in [5, 5.41) is 11.1. The number of hydrogen-bond donors (Lipinski definition) is 1. The van der Waals surface area contributed by atoms with Crippen LogP contribution < -0.4 is 0 Å². The van der Waals surface area contributed by atoms with E-state index in [9.17, 15) is 9.59 Å².